The monoisotopic (exact) mass is 272 g/mol. The largest absolute Gasteiger partial charge is 0.459 e. The van der Waals surface area contributed by atoms with Gasteiger partial charge >= 0.3 is 5.91 Å². The van der Waals surface area contributed by atoms with E-state index < -0.39 is 5.91 Å². The molecule has 0 spiro atoms. The van der Waals surface area contributed by atoms with Gasteiger partial charge in [-0.3, -0.25) is 20.4 Å². The summed E-state index contributed by atoms with van der Waals surface area (Å²) in [5, 5.41) is 0. The van der Waals surface area contributed by atoms with E-state index in [2.05, 4.69) is 10.9 Å². The number of carbonyl (C=O) groups is 2. The lowest BCUT2D eigenvalue weighted by Crippen LogP contribution is -2.41. The smallest absolute Gasteiger partial charge is 0.305 e. The minimum atomic E-state index is -0.481. The highest BCUT2D eigenvalue weighted by molar-refractivity contribution is 5.98. The zero-order valence-corrected chi connectivity index (χ0v) is 11.4. The zero-order valence-electron chi connectivity index (χ0n) is 11.4. The maximum Gasteiger partial charge on any atom is 0.305 e. The lowest BCUT2D eigenvalue weighted by molar-refractivity contribution is 0.0830. The molecule has 0 radical (unpaired) electrons. The summed E-state index contributed by atoms with van der Waals surface area (Å²) in [4.78, 5) is 23.6. The molecule has 0 aliphatic heterocycles. The Hall–Kier alpha value is -2.56. The number of hydrazine groups is 1. The van der Waals surface area contributed by atoms with Crippen LogP contribution in [-0.2, 0) is 6.42 Å². The van der Waals surface area contributed by atoms with Crippen molar-refractivity contribution in [1.82, 2.24) is 10.9 Å². The predicted molar refractivity (Wildman–Crippen MR) is 74.2 cm³/mol. The van der Waals surface area contributed by atoms with E-state index in [9.17, 15) is 9.59 Å². The third kappa shape index (κ3) is 3.06. The summed E-state index contributed by atoms with van der Waals surface area (Å²) in [5.41, 5.74) is 7.02. The molecule has 5 nitrogen and oxygen atoms in total. The van der Waals surface area contributed by atoms with Crippen molar-refractivity contribution in [3.63, 3.8) is 0 Å². The molecule has 1 heterocycles. The predicted octanol–water partition coefficient (Wildman–Crippen LogP) is 2.23. The first-order valence-electron chi connectivity index (χ1n) is 6.35. The summed E-state index contributed by atoms with van der Waals surface area (Å²) in [6.45, 7) is 3.80. The first-order valence-corrected chi connectivity index (χ1v) is 6.35. The van der Waals surface area contributed by atoms with E-state index in [1.54, 1.807) is 25.1 Å². The second-order valence-electron chi connectivity index (χ2n) is 4.39. The molecule has 0 unspecified atom stereocenters. The summed E-state index contributed by atoms with van der Waals surface area (Å²) in [7, 11) is 0. The van der Waals surface area contributed by atoms with Crippen molar-refractivity contribution in [3.8, 4) is 0 Å². The minimum absolute atomic E-state index is 0.187. The Labute approximate surface area is 117 Å². The molecule has 5 heteroatoms. The Morgan fingerprint density at radius 1 is 1.05 bits per heavy atom. The zero-order chi connectivity index (χ0) is 14.5. The second-order valence-corrected chi connectivity index (χ2v) is 4.39. The molecule has 2 rings (SSSR count). The fraction of sp³-hybridized carbons (Fsp3) is 0.200. The SMILES string of the molecule is CCc1ccc(C(=O)NNC(=O)c2occc2C)cc1. The lowest BCUT2D eigenvalue weighted by Gasteiger charge is -2.07. The maximum atomic E-state index is 11.8. The Balaban J connectivity index is 1.95. The van der Waals surface area contributed by atoms with Crippen LogP contribution in [-0.4, -0.2) is 11.8 Å². The van der Waals surface area contributed by atoms with E-state index in [-0.39, 0.29) is 11.7 Å². The van der Waals surface area contributed by atoms with Gasteiger partial charge in [0, 0.05) is 11.1 Å². The van der Waals surface area contributed by atoms with Gasteiger partial charge in [-0.15, -0.1) is 0 Å². The van der Waals surface area contributed by atoms with E-state index in [1.165, 1.54) is 6.26 Å². The molecule has 104 valence electrons. The molecule has 0 bridgehead atoms. The molecule has 0 fully saturated rings. The van der Waals surface area contributed by atoms with Crippen molar-refractivity contribution in [2.75, 3.05) is 0 Å². The van der Waals surface area contributed by atoms with Crippen molar-refractivity contribution in [1.29, 1.82) is 0 Å². The van der Waals surface area contributed by atoms with Crippen LogP contribution in [0.25, 0.3) is 0 Å². The molecule has 2 amide bonds. The molecule has 1 aromatic heterocycles. The molecule has 0 aliphatic rings. The van der Waals surface area contributed by atoms with Crippen LogP contribution in [0.15, 0.2) is 41.0 Å². The van der Waals surface area contributed by atoms with Crippen LogP contribution in [0.2, 0.25) is 0 Å². The van der Waals surface area contributed by atoms with Crippen molar-refractivity contribution >= 4 is 11.8 Å². The summed E-state index contributed by atoms with van der Waals surface area (Å²) in [6, 6.07) is 8.89. The van der Waals surface area contributed by atoms with E-state index in [0.717, 1.165) is 12.0 Å². The second kappa shape index (κ2) is 6.06. The van der Waals surface area contributed by atoms with Crippen LogP contribution in [0.5, 0.6) is 0 Å². The fourth-order valence-electron chi connectivity index (χ4n) is 1.74. The summed E-state index contributed by atoms with van der Waals surface area (Å²) < 4.78 is 5.03. The number of hydrogen-bond donors (Lipinski definition) is 2. The first-order chi connectivity index (χ1) is 9.61. The van der Waals surface area contributed by atoms with Crippen LogP contribution in [0.4, 0.5) is 0 Å². The number of carbonyl (C=O) groups excluding carboxylic acids is 2. The molecule has 0 saturated heterocycles. The van der Waals surface area contributed by atoms with Crippen molar-refractivity contribution < 1.29 is 14.0 Å². The highest BCUT2D eigenvalue weighted by Crippen LogP contribution is 2.08. The van der Waals surface area contributed by atoms with Gasteiger partial charge in [-0.1, -0.05) is 19.1 Å². The molecule has 0 saturated carbocycles. The quantitative estimate of drug-likeness (QED) is 0.842. The number of aryl methyl sites for hydroxylation is 2. The van der Waals surface area contributed by atoms with Gasteiger partial charge in [-0.25, -0.2) is 0 Å². The van der Waals surface area contributed by atoms with Gasteiger partial charge in [-0.2, -0.15) is 0 Å². The van der Waals surface area contributed by atoms with Crippen molar-refractivity contribution in [2.24, 2.45) is 0 Å². The van der Waals surface area contributed by atoms with Gasteiger partial charge < -0.3 is 4.42 Å². The topological polar surface area (TPSA) is 71.3 Å². The Morgan fingerprint density at radius 3 is 2.25 bits per heavy atom. The number of rotatable bonds is 3. The minimum Gasteiger partial charge on any atom is -0.459 e. The van der Waals surface area contributed by atoms with Gasteiger partial charge in [0.2, 0.25) is 0 Å². The Kier molecular flexibility index (Phi) is 4.20. The van der Waals surface area contributed by atoms with E-state index in [4.69, 9.17) is 4.42 Å². The highest BCUT2D eigenvalue weighted by Gasteiger charge is 2.13. The molecular weight excluding hydrogens is 256 g/mol. The number of furan rings is 1. The molecule has 2 aromatic rings. The van der Waals surface area contributed by atoms with Crippen LogP contribution in [0.3, 0.4) is 0 Å². The maximum absolute atomic E-state index is 11.8. The number of hydrogen-bond acceptors (Lipinski definition) is 3. The molecule has 20 heavy (non-hydrogen) atoms. The molecule has 2 N–H and O–H groups in total. The highest BCUT2D eigenvalue weighted by atomic mass is 16.3. The molecule has 1 aromatic carbocycles. The van der Waals surface area contributed by atoms with E-state index >= 15 is 0 Å². The van der Waals surface area contributed by atoms with E-state index in [0.29, 0.717) is 11.1 Å². The van der Waals surface area contributed by atoms with Gasteiger partial charge in [0.15, 0.2) is 5.76 Å². The average Bonchev–Trinajstić information content (AvgIpc) is 2.90. The number of benzene rings is 1. The van der Waals surface area contributed by atoms with Gasteiger partial charge in [0.25, 0.3) is 5.91 Å². The van der Waals surface area contributed by atoms with Gasteiger partial charge in [-0.05, 0) is 37.1 Å². The molecule has 0 aliphatic carbocycles. The first kappa shape index (κ1) is 13.9. The molecule has 0 atom stereocenters. The van der Waals surface area contributed by atoms with Crippen LogP contribution in [0, 0.1) is 6.92 Å². The number of nitrogens with one attached hydrogen (secondary N) is 2. The van der Waals surface area contributed by atoms with Crippen LogP contribution >= 0.6 is 0 Å². The third-order valence-electron chi connectivity index (χ3n) is 2.98. The normalized spacial score (nSPS) is 10.1. The van der Waals surface area contributed by atoms with Gasteiger partial charge in [0.1, 0.15) is 0 Å². The average molecular weight is 272 g/mol. The van der Waals surface area contributed by atoms with Crippen molar-refractivity contribution in [3.05, 3.63) is 59.0 Å². The fourth-order valence-corrected chi connectivity index (χ4v) is 1.74. The lowest BCUT2D eigenvalue weighted by atomic mass is 10.1. The summed E-state index contributed by atoms with van der Waals surface area (Å²) in [6.07, 6.45) is 2.34. The number of amides is 2. The standard InChI is InChI=1S/C15H16N2O3/c1-3-11-4-6-12(7-5-11)14(18)16-17-15(19)13-10(2)8-9-20-13/h4-9H,3H2,1-2H3,(H,16,18)(H,17,19). The van der Waals surface area contributed by atoms with Crippen LogP contribution < -0.4 is 10.9 Å². The third-order valence-corrected chi connectivity index (χ3v) is 2.98. The Bertz CT molecular complexity index is 614. The molecular formula is C15H16N2O3. The Morgan fingerprint density at radius 2 is 1.70 bits per heavy atom. The van der Waals surface area contributed by atoms with Gasteiger partial charge in [0.05, 0.1) is 6.26 Å². The summed E-state index contributed by atoms with van der Waals surface area (Å²) in [5.74, 6) is -0.664. The van der Waals surface area contributed by atoms with E-state index in [1.807, 2.05) is 19.1 Å². The van der Waals surface area contributed by atoms with Crippen LogP contribution in [0.1, 0.15) is 39.0 Å². The summed E-state index contributed by atoms with van der Waals surface area (Å²) >= 11 is 0. The van der Waals surface area contributed by atoms with Crippen molar-refractivity contribution in [2.45, 2.75) is 20.3 Å².